The lowest BCUT2D eigenvalue weighted by Gasteiger charge is -2.17. The van der Waals surface area contributed by atoms with Crippen molar-refractivity contribution >= 4 is 17.3 Å². The molecule has 2 rings (SSSR count). The fourth-order valence-corrected chi connectivity index (χ4v) is 2.64. The highest BCUT2D eigenvalue weighted by Crippen LogP contribution is 2.31. The van der Waals surface area contributed by atoms with E-state index in [1.165, 1.54) is 17.2 Å². The van der Waals surface area contributed by atoms with Crippen LogP contribution in [0.3, 0.4) is 0 Å². The molecule has 0 aromatic heterocycles. The Morgan fingerprint density at radius 3 is 2.40 bits per heavy atom. The largest absolute Gasteiger partial charge is 0.457 e. The normalized spacial score (nSPS) is 13.8. The van der Waals surface area contributed by atoms with Gasteiger partial charge >= 0.3 is 17.3 Å². The highest BCUT2D eigenvalue weighted by atomic mass is 16.6. The first-order valence-corrected chi connectivity index (χ1v) is 7.73. The van der Waals surface area contributed by atoms with Crippen molar-refractivity contribution in [1.82, 2.24) is 0 Å². The first-order valence-electron chi connectivity index (χ1n) is 7.73. The number of carbonyl (C=O) groups is 1. The Balaban J connectivity index is 2.15. The number of hydrogen-bond donors (Lipinski definition) is 0. The van der Waals surface area contributed by atoms with E-state index in [1.54, 1.807) is 0 Å². The van der Waals surface area contributed by atoms with E-state index in [2.05, 4.69) is 13.8 Å². The number of nitro benzene ring substituents is 2. The average molecular weight is 346 g/mol. The lowest BCUT2D eigenvalue weighted by atomic mass is 9.92. The van der Waals surface area contributed by atoms with Gasteiger partial charge in [-0.2, -0.15) is 0 Å². The fraction of sp³-hybridized carbons (Fsp3) is 0.353. The zero-order valence-corrected chi connectivity index (χ0v) is 14.0. The number of ether oxygens (including phenoxy) is 1. The summed E-state index contributed by atoms with van der Waals surface area (Å²) in [6.45, 7) is 4.12. The van der Waals surface area contributed by atoms with Crippen LogP contribution in [0, 0.1) is 20.2 Å². The van der Waals surface area contributed by atoms with E-state index in [9.17, 15) is 25.0 Å². The third kappa shape index (κ3) is 4.28. The number of benzene rings is 1. The molecule has 0 spiro atoms. The Labute approximate surface area is 144 Å². The highest BCUT2D eigenvalue weighted by Gasteiger charge is 2.32. The molecule has 8 nitrogen and oxygen atoms in total. The maximum Gasteiger partial charge on any atom is 0.360 e. The van der Waals surface area contributed by atoms with Crippen LogP contribution in [0.2, 0.25) is 0 Å². The van der Waals surface area contributed by atoms with Gasteiger partial charge in [-0.05, 0) is 44.7 Å². The SMILES string of the molecule is CC(C)=C1CC=C(COC(=O)c2cccc([N+](=O)[O-])c2[N+](=O)[O-])CC1. The number of rotatable bonds is 5. The minimum absolute atomic E-state index is 0.0225. The molecular weight excluding hydrogens is 328 g/mol. The third-order valence-corrected chi connectivity index (χ3v) is 4.09. The minimum Gasteiger partial charge on any atom is -0.457 e. The maximum absolute atomic E-state index is 12.2. The monoisotopic (exact) mass is 346 g/mol. The molecule has 25 heavy (non-hydrogen) atoms. The molecule has 8 heteroatoms. The second-order valence-electron chi connectivity index (χ2n) is 5.93. The molecule has 132 valence electrons. The third-order valence-electron chi connectivity index (χ3n) is 4.09. The molecule has 0 radical (unpaired) electrons. The van der Waals surface area contributed by atoms with Crippen molar-refractivity contribution in [1.29, 1.82) is 0 Å². The van der Waals surface area contributed by atoms with Crippen LogP contribution in [0.5, 0.6) is 0 Å². The number of para-hydroxylation sites is 1. The van der Waals surface area contributed by atoms with E-state index in [0.29, 0.717) is 0 Å². The summed E-state index contributed by atoms with van der Waals surface area (Å²) in [5.41, 5.74) is 1.57. The van der Waals surface area contributed by atoms with Crippen LogP contribution in [0.1, 0.15) is 43.5 Å². The molecule has 0 saturated heterocycles. The smallest absolute Gasteiger partial charge is 0.360 e. The number of carbonyl (C=O) groups excluding carboxylic acids is 1. The van der Waals surface area contributed by atoms with Gasteiger partial charge in [-0.25, -0.2) is 4.79 Å². The van der Waals surface area contributed by atoms with Gasteiger partial charge in [0.25, 0.3) is 0 Å². The summed E-state index contributed by atoms with van der Waals surface area (Å²) in [6.07, 6.45) is 4.43. The molecule has 0 unspecified atom stereocenters. The zero-order chi connectivity index (χ0) is 18.6. The van der Waals surface area contributed by atoms with Crippen LogP contribution in [-0.4, -0.2) is 22.4 Å². The van der Waals surface area contributed by atoms with Gasteiger partial charge in [-0.1, -0.05) is 23.3 Å². The quantitative estimate of drug-likeness (QED) is 0.343. The van der Waals surface area contributed by atoms with Crippen LogP contribution >= 0.6 is 0 Å². The molecule has 0 aliphatic heterocycles. The van der Waals surface area contributed by atoms with Crippen LogP contribution in [0.25, 0.3) is 0 Å². The van der Waals surface area contributed by atoms with Gasteiger partial charge in [0.1, 0.15) is 12.2 Å². The summed E-state index contributed by atoms with van der Waals surface area (Å²) in [7, 11) is 0. The maximum atomic E-state index is 12.2. The molecule has 0 N–H and O–H groups in total. The highest BCUT2D eigenvalue weighted by molar-refractivity contribution is 5.95. The molecular formula is C17H18N2O6. The first kappa shape index (κ1) is 18.3. The van der Waals surface area contributed by atoms with Gasteiger partial charge in [0.15, 0.2) is 0 Å². The number of nitrogens with zero attached hydrogens (tertiary/aromatic N) is 2. The summed E-state index contributed by atoms with van der Waals surface area (Å²) >= 11 is 0. The lowest BCUT2D eigenvalue weighted by Crippen LogP contribution is -2.12. The van der Waals surface area contributed by atoms with E-state index in [0.717, 1.165) is 37.0 Å². The second-order valence-corrected chi connectivity index (χ2v) is 5.93. The van der Waals surface area contributed by atoms with Crippen molar-refractivity contribution in [2.45, 2.75) is 33.1 Å². The Kier molecular flexibility index (Phi) is 5.63. The molecule has 0 bridgehead atoms. The Bertz CT molecular complexity index is 790. The van der Waals surface area contributed by atoms with E-state index in [1.807, 2.05) is 6.08 Å². The van der Waals surface area contributed by atoms with Crippen molar-refractivity contribution in [2.24, 2.45) is 0 Å². The molecule has 0 heterocycles. The van der Waals surface area contributed by atoms with Crippen molar-refractivity contribution in [3.63, 3.8) is 0 Å². The predicted molar refractivity (Wildman–Crippen MR) is 90.3 cm³/mol. The van der Waals surface area contributed by atoms with Crippen molar-refractivity contribution in [2.75, 3.05) is 6.61 Å². The van der Waals surface area contributed by atoms with Crippen molar-refractivity contribution in [3.05, 3.63) is 66.8 Å². The predicted octanol–water partition coefficient (Wildman–Crippen LogP) is 4.11. The average Bonchev–Trinajstić information content (AvgIpc) is 2.59. The van der Waals surface area contributed by atoms with Crippen LogP contribution < -0.4 is 0 Å². The molecule has 0 saturated carbocycles. The van der Waals surface area contributed by atoms with Gasteiger partial charge in [-0.15, -0.1) is 0 Å². The Morgan fingerprint density at radius 1 is 1.16 bits per heavy atom. The fourth-order valence-electron chi connectivity index (χ4n) is 2.64. The molecule has 1 aromatic carbocycles. The van der Waals surface area contributed by atoms with Crippen LogP contribution in [0.4, 0.5) is 11.4 Å². The summed E-state index contributed by atoms with van der Waals surface area (Å²) in [5.74, 6) is -0.940. The van der Waals surface area contributed by atoms with Crippen LogP contribution in [-0.2, 0) is 4.74 Å². The van der Waals surface area contributed by atoms with Crippen LogP contribution in [0.15, 0.2) is 41.0 Å². The molecule has 0 fully saturated rings. The van der Waals surface area contributed by atoms with Gasteiger partial charge < -0.3 is 4.74 Å². The van der Waals surface area contributed by atoms with E-state index in [-0.39, 0.29) is 6.61 Å². The van der Waals surface area contributed by atoms with E-state index in [4.69, 9.17) is 4.74 Å². The van der Waals surface area contributed by atoms with Gasteiger partial charge in [0, 0.05) is 6.07 Å². The van der Waals surface area contributed by atoms with Gasteiger partial charge in [0.2, 0.25) is 0 Å². The van der Waals surface area contributed by atoms with Gasteiger partial charge in [0.05, 0.1) is 9.85 Å². The standard InChI is InChI=1S/C17H18N2O6/c1-11(2)13-8-6-12(7-9-13)10-25-17(20)14-4-3-5-15(18(21)22)16(14)19(23)24/h3-6H,7-10H2,1-2H3. The van der Waals surface area contributed by atoms with E-state index >= 15 is 0 Å². The number of nitro groups is 2. The number of allylic oxidation sites excluding steroid dienone is 3. The first-order chi connectivity index (χ1) is 11.8. The topological polar surface area (TPSA) is 113 Å². The summed E-state index contributed by atoms with van der Waals surface area (Å²) < 4.78 is 5.14. The molecule has 0 amide bonds. The number of esters is 1. The molecule has 1 aliphatic rings. The minimum atomic E-state index is -0.940. The zero-order valence-electron chi connectivity index (χ0n) is 14.0. The second kappa shape index (κ2) is 7.69. The molecule has 1 aromatic rings. The van der Waals surface area contributed by atoms with Crippen molar-refractivity contribution < 1.29 is 19.4 Å². The van der Waals surface area contributed by atoms with Crippen molar-refractivity contribution in [3.8, 4) is 0 Å². The number of hydrogen-bond acceptors (Lipinski definition) is 6. The van der Waals surface area contributed by atoms with E-state index < -0.39 is 32.8 Å². The molecule has 1 aliphatic carbocycles. The summed E-state index contributed by atoms with van der Waals surface area (Å²) in [4.78, 5) is 32.4. The molecule has 0 atom stereocenters. The summed E-state index contributed by atoms with van der Waals surface area (Å²) in [5, 5.41) is 22.1. The van der Waals surface area contributed by atoms with Gasteiger partial charge in [-0.3, -0.25) is 20.2 Å². The Hall–Kier alpha value is -3.03. The Morgan fingerprint density at radius 2 is 1.88 bits per heavy atom. The summed E-state index contributed by atoms with van der Waals surface area (Å²) in [6, 6.07) is 3.37. The lowest BCUT2D eigenvalue weighted by molar-refractivity contribution is -0.422.